The molecular formula is C21H28ClFO2. The van der Waals surface area contributed by atoms with Gasteiger partial charge in [0.15, 0.2) is 0 Å². The molecule has 0 spiro atoms. The highest BCUT2D eigenvalue weighted by atomic mass is 35.5. The van der Waals surface area contributed by atoms with Gasteiger partial charge in [-0.15, -0.1) is 0 Å². The average Bonchev–Trinajstić information content (AvgIpc) is 3.47. The second kappa shape index (κ2) is 7.94. The van der Waals surface area contributed by atoms with Crippen molar-refractivity contribution >= 4 is 11.6 Å². The zero-order valence-corrected chi connectivity index (χ0v) is 15.5. The van der Waals surface area contributed by atoms with E-state index in [2.05, 4.69) is 0 Å². The molecule has 0 unspecified atom stereocenters. The second-order valence-electron chi connectivity index (χ2n) is 8.27. The van der Waals surface area contributed by atoms with Gasteiger partial charge in [0.25, 0.3) is 0 Å². The molecule has 1 aliphatic heterocycles. The predicted octanol–water partition coefficient (Wildman–Crippen LogP) is 6.63. The van der Waals surface area contributed by atoms with Crippen molar-refractivity contribution in [1.29, 1.82) is 0 Å². The summed E-state index contributed by atoms with van der Waals surface area (Å²) in [7, 11) is 0. The van der Waals surface area contributed by atoms with E-state index in [-0.39, 0.29) is 17.1 Å². The van der Waals surface area contributed by atoms with Crippen LogP contribution in [0.3, 0.4) is 0 Å². The quantitative estimate of drug-likeness (QED) is 0.431. The van der Waals surface area contributed by atoms with E-state index in [1.807, 2.05) is 6.07 Å². The van der Waals surface area contributed by atoms with Crippen molar-refractivity contribution in [3.63, 3.8) is 0 Å². The summed E-state index contributed by atoms with van der Waals surface area (Å²) in [6.45, 7) is 0. The fourth-order valence-electron chi connectivity index (χ4n) is 5.15. The Balaban J connectivity index is 1.22. The summed E-state index contributed by atoms with van der Waals surface area (Å²) in [6, 6.07) is 5.36. The maximum atomic E-state index is 13.7. The molecule has 1 saturated heterocycles. The van der Waals surface area contributed by atoms with Gasteiger partial charge in [0.05, 0.1) is 5.02 Å². The molecule has 3 fully saturated rings. The number of benzene rings is 1. The lowest BCUT2D eigenvalue weighted by Crippen LogP contribution is -2.25. The van der Waals surface area contributed by atoms with Crippen LogP contribution in [0.5, 0.6) is 0 Å². The summed E-state index contributed by atoms with van der Waals surface area (Å²) >= 11 is 5.81. The van der Waals surface area contributed by atoms with Crippen molar-refractivity contribution in [3.05, 3.63) is 34.6 Å². The van der Waals surface area contributed by atoms with E-state index < -0.39 is 0 Å². The molecule has 0 amide bonds. The highest BCUT2D eigenvalue weighted by molar-refractivity contribution is 6.30. The minimum atomic E-state index is -0.276. The Morgan fingerprint density at radius 2 is 1.52 bits per heavy atom. The van der Waals surface area contributed by atoms with E-state index in [0.717, 1.165) is 29.7 Å². The van der Waals surface area contributed by atoms with Crippen LogP contribution >= 0.6 is 11.6 Å². The Morgan fingerprint density at radius 1 is 0.880 bits per heavy atom. The van der Waals surface area contributed by atoms with Gasteiger partial charge in [-0.2, -0.15) is 9.78 Å². The molecule has 4 rings (SSSR count). The number of hydrogen-bond acceptors (Lipinski definition) is 2. The Labute approximate surface area is 155 Å². The molecule has 0 radical (unpaired) electrons. The Morgan fingerprint density at radius 3 is 2.12 bits per heavy atom. The van der Waals surface area contributed by atoms with E-state index in [1.54, 1.807) is 12.1 Å². The van der Waals surface area contributed by atoms with E-state index in [4.69, 9.17) is 21.4 Å². The zero-order chi connectivity index (χ0) is 17.2. The molecule has 1 aromatic carbocycles. The summed E-state index contributed by atoms with van der Waals surface area (Å²) in [5.74, 6) is 2.90. The summed E-state index contributed by atoms with van der Waals surface area (Å²) < 4.78 is 13.7. The molecule has 2 aliphatic carbocycles. The van der Waals surface area contributed by atoms with Gasteiger partial charge in [0, 0.05) is 6.42 Å². The number of hydrogen-bond donors (Lipinski definition) is 0. The molecule has 3 aliphatic rings. The van der Waals surface area contributed by atoms with Crippen molar-refractivity contribution in [2.45, 2.75) is 76.4 Å². The Bertz CT molecular complexity index is 573. The lowest BCUT2D eigenvalue weighted by atomic mass is 9.68. The second-order valence-corrected chi connectivity index (χ2v) is 8.67. The zero-order valence-electron chi connectivity index (χ0n) is 14.8. The third-order valence-electron chi connectivity index (χ3n) is 6.79. The van der Waals surface area contributed by atoms with Crippen LogP contribution in [0.25, 0.3) is 0 Å². The summed E-state index contributed by atoms with van der Waals surface area (Å²) in [5.41, 5.74) is 1.13. The fraction of sp³-hybridized carbons (Fsp3) is 0.714. The first kappa shape index (κ1) is 17.8. The third kappa shape index (κ3) is 4.56. The van der Waals surface area contributed by atoms with Crippen LogP contribution in [-0.2, 0) is 9.78 Å². The molecule has 0 atom stereocenters. The predicted molar refractivity (Wildman–Crippen MR) is 96.7 cm³/mol. The molecule has 1 heterocycles. The van der Waals surface area contributed by atoms with Crippen LogP contribution in [0.2, 0.25) is 5.02 Å². The van der Waals surface area contributed by atoms with Crippen molar-refractivity contribution in [2.75, 3.05) is 0 Å². The SMILES string of the molecule is Fc1cc(C2CCC(C3CCC(CCC4OO4)CC3)CC2)ccc1Cl. The van der Waals surface area contributed by atoms with Crippen LogP contribution in [0, 0.1) is 23.6 Å². The average molecular weight is 367 g/mol. The monoisotopic (exact) mass is 366 g/mol. The van der Waals surface area contributed by atoms with Gasteiger partial charge in [0.2, 0.25) is 6.29 Å². The van der Waals surface area contributed by atoms with Gasteiger partial charge in [-0.05, 0) is 86.3 Å². The van der Waals surface area contributed by atoms with Crippen LogP contribution in [0.4, 0.5) is 4.39 Å². The molecule has 0 bridgehead atoms. The first-order chi connectivity index (χ1) is 12.2. The van der Waals surface area contributed by atoms with Gasteiger partial charge in [-0.25, -0.2) is 4.39 Å². The van der Waals surface area contributed by atoms with Crippen molar-refractivity contribution in [1.82, 2.24) is 0 Å². The molecule has 2 saturated carbocycles. The number of halogens is 2. The summed E-state index contributed by atoms with van der Waals surface area (Å²) in [4.78, 5) is 9.69. The largest absolute Gasteiger partial charge is 0.224 e. The van der Waals surface area contributed by atoms with Gasteiger partial charge >= 0.3 is 0 Å². The van der Waals surface area contributed by atoms with E-state index in [0.29, 0.717) is 5.92 Å². The maximum Gasteiger partial charge on any atom is 0.224 e. The summed E-state index contributed by atoms with van der Waals surface area (Å²) in [5, 5.41) is 0.231. The summed E-state index contributed by atoms with van der Waals surface area (Å²) in [6.07, 6.45) is 12.9. The van der Waals surface area contributed by atoms with Gasteiger partial charge in [0.1, 0.15) is 5.82 Å². The minimum Gasteiger partial charge on any atom is -0.205 e. The van der Waals surface area contributed by atoms with Crippen LogP contribution in [0.15, 0.2) is 18.2 Å². The molecule has 4 heteroatoms. The first-order valence-corrected chi connectivity index (χ1v) is 10.3. The Kier molecular flexibility index (Phi) is 5.64. The van der Waals surface area contributed by atoms with Crippen LogP contribution in [-0.4, -0.2) is 6.29 Å². The van der Waals surface area contributed by atoms with E-state index in [9.17, 15) is 4.39 Å². The highest BCUT2D eigenvalue weighted by Crippen LogP contribution is 2.45. The molecule has 0 aromatic heterocycles. The smallest absolute Gasteiger partial charge is 0.205 e. The molecule has 2 nitrogen and oxygen atoms in total. The van der Waals surface area contributed by atoms with Gasteiger partial charge < -0.3 is 0 Å². The number of rotatable bonds is 5. The fourth-order valence-corrected chi connectivity index (χ4v) is 5.26. The standard InChI is InChI=1S/C21H28ClFO2/c22-19-11-10-18(13-20(19)23)17-8-6-16(7-9-17)15-4-1-14(2-5-15)3-12-21-24-25-21/h10-11,13-17,21H,1-9,12H2. The molecular weight excluding hydrogens is 339 g/mol. The van der Waals surface area contributed by atoms with Crippen molar-refractivity contribution in [3.8, 4) is 0 Å². The van der Waals surface area contributed by atoms with Gasteiger partial charge in [-0.3, -0.25) is 0 Å². The maximum absolute atomic E-state index is 13.7. The normalized spacial score (nSPS) is 33.4. The van der Waals surface area contributed by atoms with Gasteiger partial charge in [-0.1, -0.05) is 30.5 Å². The first-order valence-electron chi connectivity index (χ1n) is 9.96. The van der Waals surface area contributed by atoms with Crippen LogP contribution in [0.1, 0.15) is 75.7 Å². The van der Waals surface area contributed by atoms with Crippen molar-refractivity contribution in [2.24, 2.45) is 17.8 Å². The molecule has 0 N–H and O–H groups in total. The topological polar surface area (TPSA) is 25.1 Å². The van der Waals surface area contributed by atoms with Crippen LogP contribution < -0.4 is 0 Å². The molecule has 25 heavy (non-hydrogen) atoms. The van der Waals surface area contributed by atoms with E-state index >= 15 is 0 Å². The molecule has 1 aromatic rings. The van der Waals surface area contributed by atoms with Crippen molar-refractivity contribution < 1.29 is 14.2 Å². The lowest BCUT2D eigenvalue weighted by Gasteiger charge is -2.38. The highest BCUT2D eigenvalue weighted by Gasteiger charge is 2.32. The molecule has 138 valence electrons. The lowest BCUT2D eigenvalue weighted by molar-refractivity contribution is 0.0850. The third-order valence-corrected chi connectivity index (χ3v) is 7.09. The minimum absolute atomic E-state index is 0.103. The van der Waals surface area contributed by atoms with E-state index in [1.165, 1.54) is 57.8 Å². The Hall–Kier alpha value is -0.640.